The largest absolute Gasteiger partial charge is 0.481 e. The molecule has 182 valence electrons. The number of carboxylic acids is 1. The van der Waals surface area contributed by atoms with Crippen molar-refractivity contribution in [3.63, 3.8) is 0 Å². The Morgan fingerprint density at radius 2 is 1.89 bits per heavy atom. The van der Waals surface area contributed by atoms with Crippen LogP contribution in [-0.4, -0.2) is 39.4 Å². The Balaban J connectivity index is 1.16. The molecule has 1 N–H and O–H groups in total. The lowest BCUT2D eigenvalue weighted by molar-refractivity contribution is -0.136. The maximum atomic E-state index is 11.0. The average Bonchev–Trinajstić information content (AvgIpc) is 3.55. The Bertz CT molecular complexity index is 1200. The minimum Gasteiger partial charge on any atom is -0.481 e. The highest BCUT2D eigenvalue weighted by Crippen LogP contribution is 2.45. The maximum absolute atomic E-state index is 11.0. The molecule has 3 aliphatic rings. The van der Waals surface area contributed by atoms with Gasteiger partial charge in [0, 0.05) is 35.3 Å². The van der Waals surface area contributed by atoms with Crippen LogP contribution in [0, 0.1) is 6.92 Å². The van der Waals surface area contributed by atoms with Crippen molar-refractivity contribution in [2.24, 2.45) is 0 Å². The molecule has 0 radical (unpaired) electrons. The molecule has 2 aromatic heterocycles. The third kappa shape index (κ3) is 4.45. The van der Waals surface area contributed by atoms with E-state index < -0.39 is 5.97 Å². The summed E-state index contributed by atoms with van der Waals surface area (Å²) in [5.74, 6) is 1.60. The first-order valence-electron chi connectivity index (χ1n) is 12.7. The van der Waals surface area contributed by atoms with Crippen molar-refractivity contribution >= 4 is 11.8 Å². The first-order chi connectivity index (χ1) is 17.1. The molecule has 35 heavy (non-hydrogen) atoms. The Labute approximate surface area is 205 Å². The fraction of sp³-hybridized carbons (Fsp3) is 0.464. The van der Waals surface area contributed by atoms with Gasteiger partial charge in [0.05, 0.1) is 19.1 Å². The summed E-state index contributed by atoms with van der Waals surface area (Å²) in [6.45, 7) is 2.65. The molecule has 6 rings (SSSR count). The van der Waals surface area contributed by atoms with E-state index in [0.717, 1.165) is 72.5 Å². The van der Waals surface area contributed by atoms with Crippen LogP contribution in [0.5, 0.6) is 0 Å². The minimum atomic E-state index is -0.833. The molecule has 1 aromatic carbocycles. The normalized spacial score (nSPS) is 23.6. The zero-order valence-electron chi connectivity index (χ0n) is 20.0. The fourth-order valence-corrected chi connectivity index (χ4v) is 5.87. The SMILES string of the molecule is Cc1ccccc1-c1noc(C2CC2)c1COC1CC2CC[C@@H](C1)N2c1ccc(CC(=O)O)cn1. The van der Waals surface area contributed by atoms with Crippen molar-refractivity contribution in [2.75, 3.05) is 4.90 Å². The zero-order valence-corrected chi connectivity index (χ0v) is 20.0. The highest BCUT2D eigenvalue weighted by molar-refractivity contribution is 5.70. The van der Waals surface area contributed by atoms with Crippen molar-refractivity contribution in [1.29, 1.82) is 0 Å². The molecule has 2 unspecified atom stereocenters. The summed E-state index contributed by atoms with van der Waals surface area (Å²) in [6, 6.07) is 13.0. The quantitative estimate of drug-likeness (QED) is 0.477. The monoisotopic (exact) mass is 473 g/mol. The highest BCUT2D eigenvalue weighted by atomic mass is 16.5. The minimum absolute atomic E-state index is 0.00621. The number of carbonyl (C=O) groups is 1. The summed E-state index contributed by atoms with van der Waals surface area (Å²) in [6.07, 6.45) is 8.44. The van der Waals surface area contributed by atoms with E-state index in [1.54, 1.807) is 6.20 Å². The number of pyridine rings is 1. The van der Waals surface area contributed by atoms with Crippen molar-refractivity contribution in [2.45, 2.75) is 82.6 Å². The number of fused-ring (bicyclic) bond motifs is 2. The van der Waals surface area contributed by atoms with E-state index >= 15 is 0 Å². The van der Waals surface area contributed by atoms with Crippen molar-refractivity contribution in [1.82, 2.24) is 10.1 Å². The number of anilines is 1. The molecule has 2 bridgehead atoms. The summed E-state index contributed by atoms with van der Waals surface area (Å²) in [7, 11) is 0. The van der Waals surface area contributed by atoms with Crippen molar-refractivity contribution in [3.8, 4) is 11.3 Å². The summed E-state index contributed by atoms with van der Waals surface area (Å²) < 4.78 is 12.4. The van der Waals surface area contributed by atoms with E-state index in [1.807, 2.05) is 18.2 Å². The van der Waals surface area contributed by atoms with Gasteiger partial charge in [-0.2, -0.15) is 0 Å². The van der Waals surface area contributed by atoms with Gasteiger partial charge < -0.3 is 19.3 Å². The summed E-state index contributed by atoms with van der Waals surface area (Å²) >= 11 is 0. The molecular weight excluding hydrogens is 442 g/mol. The van der Waals surface area contributed by atoms with Gasteiger partial charge in [-0.1, -0.05) is 35.5 Å². The lowest BCUT2D eigenvalue weighted by atomic mass is 9.98. The van der Waals surface area contributed by atoms with E-state index in [-0.39, 0.29) is 12.5 Å². The van der Waals surface area contributed by atoms with Gasteiger partial charge in [-0.15, -0.1) is 0 Å². The smallest absolute Gasteiger partial charge is 0.307 e. The van der Waals surface area contributed by atoms with Gasteiger partial charge in [-0.05, 0) is 62.6 Å². The summed E-state index contributed by atoms with van der Waals surface area (Å²) in [5, 5.41) is 13.5. The van der Waals surface area contributed by atoms with Gasteiger partial charge >= 0.3 is 5.97 Å². The number of rotatable bonds is 8. The van der Waals surface area contributed by atoms with Crippen LogP contribution in [0.4, 0.5) is 5.82 Å². The number of aryl methyl sites for hydroxylation is 1. The van der Waals surface area contributed by atoms with Crippen molar-refractivity contribution < 1.29 is 19.2 Å². The van der Waals surface area contributed by atoms with Gasteiger partial charge in [0.1, 0.15) is 17.3 Å². The van der Waals surface area contributed by atoms with Crippen LogP contribution in [0.3, 0.4) is 0 Å². The highest BCUT2D eigenvalue weighted by Gasteiger charge is 2.42. The van der Waals surface area contributed by atoms with E-state index in [9.17, 15) is 4.79 Å². The predicted molar refractivity (Wildman–Crippen MR) is 131 cm³/mol. The second-order valence-electron chi connectivity index (χ2n) is 10.3. The molecule has 0 amide bonds. The number of aliphatic carboxylic acids is 1. The Morgan fingerprint density at radius 1 is 1.11 bits per heavy atom. The maximum Gasteiger partial charge on any atom is 0.307 e. The number of hydrogen-bond donors (Lipinski definition) is 1. The van der Waals surface area contributed by atoms with Crippen molar-refractivity contribution in [3.05, 3.63) is 65.0 Å². The molecule has 7 nitrogen and oxygen atoms in total. The molecular formula is C28H31N3O4. The molecule has 3 fully saturated rings. The van der Waals surface area contributed by atoms with Crippen LogP contribution in [0.1, 0.15) is 66.9 Å². The molecule has 1 saturated carbocycles. The second-order valence-corrected chi connectivity index (χ2v) is 10.3. The molecule has 1 aliphatic carbocycles. The summed E-state index contributed by atoms with van der Waals surface area (Å²) in [5.41, 5.74) is 5.09. The number of ether oxygens (including phenoxy) is 1. The van der Waals surface area contributed by atoms with Crippen LogP contribution in [0.25, 0.3) is 11.3 Å². The topological polar surface area (TPSA) is 88.7 Å². The third-order valence-corrected chi connectivity index (χ3v) is 7.75. The van der Waals surface area contributed by atoms with Gasteiger partial charge in [0.15, 0.2) is 0 Å². The number of hydrogen-bond acceptors (Lipinski definition) is 6. The van der Waals surface area contributed by atoms with Crippen LogP contribution in [0.15, 0.2) is 47.1 Å². The standard InChI is InChI=1S/C28H31N3O4/c1-17-4-2-3-5-23(17)27-24(28(35-30-27)19-7-8-19)16-34-22-13-20-9-10-21(14-22)31(20)25-11-6-18(15-29-25)12-26(32)33/h2-6,11,15,19-22H,7-10,12-14,16H2,1H3,(H,32,33)/t20-,21?,22?/m0/s1. The molecule has 7 heteroatoms. The van der Waals surface area contributed by atoms with Gasteiger partial charge in [-0.25, -0.2) is 4.98 Å². The first kappa shape index (κ1) is 22.3. The Kier molecular flexibility index (Phi) is 5.80. The average molecular weight is 474 g/mol. The number of benzene rings is 1. The predicted octanol–water partition coefficient (Wildman–Crippen LogP) is 5.27. The Hall–Kier alpha value is -3.19. The number of piperidine rings is 1. The molecule has 0 spiro atoms. The van der Waals surface area contributed by atoms with E-state index in [0.29, 0.717) is 24.6 Å². The van der Waals surface area contributed by atoms with Gasteiger partial charge in [0.2, 0.25) is 0 Å². The molecule has 3 atom stereocenters. The van der Waals surface area contributed by atoms with E-state index in [4.69, 9.17) is 14.4 Å². The molecule has 3 aromatic rings. The lowest BCUT2D eigenvalue weighted by Gasteiger charge is -2.39. The summed E-state index contributed by atoms with van der Waals surface area (Å²) in [4.78, 5) is 18.0. The van der Waals surface area contributed by atoms with Gasteiger partial charge in [-0.3, -0.25) is 4.79 Å². The molecule has 4 heterocycles. The van der Waals surface area contributed by atoms with Crippen LogP contribution in [0.2, 0.25) is 0 Å². The lowest BCUT2D eigenvalue weighted by Crippen LogP contribution is -2.46. The molecule has 2 saturated heterocycles. The second kappa shape index (κ2) is 9.11. The van der Waals surface area contributed by atoms with Gasteiger partial charge in [0.25, 0.3) is 0 Å². The fourth-order valence-electron chi connectivity index (χ4n) is 5.87. The molecule has 2 aliphatic heterocycles. The number of carboxylic acid groups (broad SMARTS) is 1. The van der Waals surface area contributed by atoms with E-state index in [1.165, 1.54) is 5.56 Å². The first-order valence-corrected chi connectivity index (χ1v) is 12.7. The number of nitrogens with zero attached hydrogens (tertiary/aromatic N) is 3. The van der Waals surface area contributed by atoms with Crippen LogP contribution in [-0.2, 0) is 22.6 Å². The number of aromatic nitrogens is 2. The Morgan fingerprint density at radius 3 is 2.54 bits per heavy atom. The third-order valence-electron chi connectivity index (χ3n) is 7.75. The van der Waals surface area contributed by atoms with Crippen LogP contribution >= 0.6 is 0 Å². The van der Waals surface area contributed by atoms with Crippen LogP contribution < -0.4 is 4.90 Å². The zero-order chi connectivity index (χ0) is 23.9. The van der Waals surface area contributed by atoms with E-state index in [2.05, 4.69) is 40.2 Å².